The smallest absolute Gasteiger partial charge is 0.120 e. The highest BCUT2D eigenvalue weighted by molar-refractivity contribution is 9.09. The predicted octanol–water partition coefficient (Wildman–Crippen LogP) is 4.20. The molecule has 0 radical (unpaired) electrons. The quantitative estimate of drug-likeness (QED) is 0.621. The molecule has 3 rings (SSSR count). The van der Waals surface area contributed by atoms with Crippen LogP contribution in [0.25, 0.3) is 0 Å². The van der Waals surface area contributed by atoms with Crippen molar-refractivity contribution in [1.29, 1.82) is 0 Å². The lowest BCUT2D eigenvalue weighted by Gasteiger charge is -2.52. The van der Waals surface area contributed by atoms with E-state index in [1.165, 1.54) is 12.0 Å². The van der Waals surface area contributed by atoms with Gasteiger partial charge < -0.3 is 9.47 Å². The standard InChI is InChI=1S/C16H23BrO2/c1-10-11-5-6-13-15(2,3)14(17)7-8-16(13,4)19-12(11)9-18-10/h5,12-14H,1,6-9H2,2-4H3. The Labute approximate surface area is 124 Å². The van der Waals surface area contributed by atoms with Crippen molar-refractivity contribution < 1.29 is 9.47 Å². The number of hydrogen-bond acceptors (Lipinski definition) is 2. The number of rotatable bonds is 0. The number of halogens is 1. The highest BCUT2D eigenvalue weighted by atomic mass is 79.9. The first kappa shape index (κ1) is 13.7. The van der Waals surface area contributed by atoms with Crippen LogP contribution in [-0.2, 0) is 9.47 Å². The van der Waals surface area contributed by atoms with E-state index in [1.807, 2.05) is 0 Å². The molecule has 1 saturated carbocycles. The number of alkyl halides is 1. The molecule has 3 heteroatoms. The maximum absolute atomic E-state index is 6.51. The molecule has 3 aliphatic rings. The Kier molecular flexibility index (Phi) is 3.14. The normalized spacial score (nSPS) is 44.7. The van der Waals surface area contributed by atoms with Crippen LogP contribution >= 0.6 is 15.9 Å². The minimum Gasteiger partial charge on any atom is -0.491 e. The lowest BCUT2D eigenvalue weighted by atomic mass is 9.60. The SMILES string of the molecule is C=C1OCC2OC3(C)CCC(Br)C(C)(C)C3CC=C12. The fourth-order valence-corrected chi connectivity index (χ4v) is 4.65. The number of ether oxygens (including phenoxy) is 2. The number of fused-ring (bicyclic) bond motifs is 2. The Morgan fingerprint density at radius 2 is 2.11 bits per heavy atom. The Bertz CT molecular complexity index is 440. The summed E-state index contributed by atoms with van der Waals surface area (Å²) in [5, 5.41) is 0. The van der Waals surface area contributed by atoms with Crippen LogP contribution in [0.4, 0.5) is 0 Å². The summed E-state index contributed by atoms with van der Waals surface area (Å²) in [4.78, 5) is 0.567. The first-order valence-electron chi connectivity index (χ1n) is 7.18. The Hall–Kier alpha value is -0.280. The first-order valence-corrected chi connectivity index (χ1v) is 8.10. The van der Waals surface area contributed by atoms with Crippen molar-refractivity contribution in [3.63, 3.8) is 0 Å². The lowest BCUT2D eigenvalue weighted by Crippen LogP contribution is -2.53. The largest absolute Gasteiger partial charge is 0.491 e. The molecule has 2 fully saturated rings. The van der Waals surface area contributed by atoms with Gasteiger partial charge in [-0.3, -0.25) is 0 Å². The van der Waals surface area contributed by atoms with E-state index >= 15 is 0 Å². The monoisotopic (exact) mass is 326 g/mol. The second-order valence-electron chi connectivity index (χ2n) is 6.93. The molecular formula is C16H23BrO2. The van der Waals surface area contributed by atoms with Crippen molar-refractivity contribution in [2.45, 2.75) is 56.6 Å². The molecule has 0 aromatic rings. The van der Waals surface area contributed by atoms with Gasteiger partial charge in [-0.25, -0.2) is 0 Å². The summed E-state index contributed by atoms with van der Waals surface area (Å²) in [5.41, 5.74) is 1.37. The van der Waals surface area contributed by atoms with Crippen LogP contribution in [0.2, 0.25) is 0 Å². The van der Waals surface area contributed by atoms with Crippen LogP contribution in [0.1, 0.15) is 40.0 Å². The second kappa shape index (κ2) is 4.36. The summed E-state index contributed by atoms with van der Waals surface area (Å²) in [6.07, 6.45) is 5.73. The van der Waals surface area contributed by atoms with Crippen LogP contribution in [0.5, 0.6) is 0 Å². The zero-order valence-electron chi connectivity index (χ0n) is 12.0. The van der Waals surface area contributed by atoms with Gasteiger partial charge in [0, 0.05) is 10.4 Å². The van der Waals surface area contributed by atoms with Crippen molar-refractivity contribution in [1.82, 2.24) is 0 Å². The molecule has 4 unspecified atom stereocenters. The maximum Gasteiger partial charge on any atom is 0.120 e. The minimum atomic E-state index is -0.0509. The zero-order chi connectivity index (χ0) is 13.8. The van der Waals surface area contributed by atoms with Crippen molar-refractivity contribution in [3.05, 3.63) is 24.0 Å². The molecule has 19 heavy (non-hydrogen) atoms. The minimum absolute atomic E-state index is 0.0509. The predicted molar refractivity (Wildman–Crippen MR) is 80.3 cm³/mol. The van der Waals surface area contributed by atoms with Crippen molar-refractivity contribution >= 4 is 15.9 Å². The van der Waals surface area contributed by atoms with E-state index < -0.39 is 0 Å². The molecule has 1 aliphatic carbocycles. The molecule has 1 saturated heterocycles. The van der Waals surface area contributed by atoms with Gasteiger partial charge >= 0.3 is 0 Å². The third-order valence-electron chi connectivity index (χ3n) is 5.40. The molecule has 106 valence electrons. The number of hydrogen-bond donors (Lipinski definition) is 0. The molecule has 0 aromatic heterocycles. The highest BCUT2D eigenvalue weighted by Crippen LogP contribution is 2.54. The average molecular weight is 327 g/mol. The van der Waals surface area contributed by atoms with E-state index in [9.17, 15) is 0 Å². The van der Waals surface area contributed by atoms with Gasteiger partial charge in [-0.1, -0.05) is 42.4 Å². The topological polar surface area (TPSA) is 18.5 Å². The number of allylic oxidation sites excluding steroid dienone is 1. The van der Waals surface area contributed by atoms with Crippen LogP contribution in [0.15, 0.2) is 24.0 Å². The van der Waals surface area contributed by atoms with Gasteiger partial charge in [-0.15, -0.1) is 0 Å². The van der Waals surface area contributed by atoms with Gasteiger partial charge in [0.1, 0.15) is 18.5 Å². The molecule has 0 spiro atoms. The van der Waals surface area contributed by atoms with E-state index in [2.05, 4.69) is 49.4 Å². The van der Waals surface area contributed by atoms with Gasteiger partial charge in [0.05, 0.1) is 5.60 Å². The van der Waals surface area contributed by atoms with Crippen LogP contribution in [0.3, 0.4) is 0 Å². The Balaban J connectivity index is 1.97. The van der Waals surface area contributed by atoms with Gasteiger partial charge in [0.2, 0.25) is 0 Å². The van der Waals surface area contributed by atoms with E-state index in [4.69, 9.17) is 9.47 Å². The van der Waals surface area contributed by atoms with Crippen molar-refractivity contribution in [2.75, 3.05) is 6.61 Å². The first-order chi connectivity index (χ1) is 8.84. The maximum atomic E-state index is 6.51. The van der Waals surface area contributed by atoms with Crippen LogP contribution in [0, 0.1) is 11.3 Å². The third kappa shape index (κ3) is 2.01. The fraction of sp³-hybridized carbons (Fsp3) is 0.750. The van der Waals surface area contributed by atoms with Crippen LogP contribution in [-0.4, -0.2) is 23.1 Å². The summed E-state index contributed by atoms with van der Waals surface area (Å²) in [5.74, 6) is 1.34. The van der Waals surface area contributed by atoms with Gasteiger partial charge in [0.25, 0.3) is 0 Å². The highest BCUT2D eigenvalue weighted by Gasteiger charge is 2.53. The van der Waals surface area contributed by atoms with Crippen LogP contribution < -0.4 is 0 Å². The van der Waals surface area contributed by atoms with E-state index in [-0.39, 0.29) is 17.1 Å². The molecule has 2 aliphatic heterocycles. The average Bonchev–Trinajstić information content (AvgIpc) is 2.58. The van der Waals surface area contributed by atoms with E-state index in [0.29, 0.717) is 17.4 Å². The van der Waals surface area contributed by atoms with Crippen molar-refractivity contribution in [3.8, 4) is 0 Å². The summed E-state index contributed by atoms with van der Waals surface area (Å²) in [6.45, 7) is 11.6. The van der Waals surface area contributed by atoms with Gasteiger partial charge in [-0.05, 0) is 37.5 Å². The molecule has 0 bridgehead atoms. The lowest BCUT2D eigenvalue weighted by molar-refractivity contribution is -0.150. The Morgan fingerprint density at radius 1 is 1.37 bits per heavy atom. The second-order valence-corrected chi connectivity index (χ2v) is 8.03. The molecule has 4 atom stereocenters. The summed E-state index contributed by atoms with van der Waals surface area (Å²) >= 11 is 3.88. The Morgan fingerprint density at radius 3 is 2.84 bits per heavy atom. The molecule has 0 aromatic carbocycles. The molecular weight excluding hydrogens is 304 g/mol. The van der Waals surface area contributed by atoms with E-state index in [1.54, 1.807) is 0 Å². The summed E-state index contributed by atoms with van der Waals surface area (Å²) in [7, 11) is 0. The summed E-state index contributed by atoms with van der Waals surface area (Å²) in [6, 6.07) is 0. The molecule has 2 nitrogen and oxygen atoms in total. The summed E-state index contributed by atoms with van der Waals surface area (Å²) < 4.78 is 12.1. The third-order valence-corrected chi connectivity index (χ3v) is 7.04. The van der Waals surface area contributed by atoms with Crippen molar-refractivity contribution in [2.24, 2.45) is 11.3 Å². The molecule has 0 N–H and O–H groups in total. The fourth-order valence-electron chi connectivity index (χ4n) is 4.10. The molecule has 2 heterocycles. The molecule has 0 amide bonds. The van der Waals surface area contributed by atoms with Gasteiger partial charge in [-0.2, -0.15) is 0 Å². The van der Waals surface area contributed by atoms with E-state index in [0.717, 1.165) is 18.6 Å². The van der Waals surface area contributed by atoms with Gasteiger partial charge in [0.15, 0.2) is 0 Å². The zero-order valence-corrected chi connectivity index (χ0v) is 13.6.